The zero-order valence-electron chi connectivity index (χ0n) is 13.0. The summed E-state index contributed by atoms with van der Waals surface area (Å²) in [4.78, 5) is -0.0474. The average molecular weight is 401 g/mol. The first-order valence-electron chi connectivity index (χ1n) is 6.88. The van der Waals surface area contributed by atoms with Crippen LogP contribution in [-0.2, 0) is 10.1 Å². The van der Waals surface area contributed by atoms with E-state index in [1.165, 1.54) is 13.2 Å². The molecule has 0 atom stereocenters. The molecule has 5 nitrogen and oxygen atoms in total. The first-order chi connectivity index (χ1) is 10.9. The molecule has 0 fully saturated rings. The van der Waals surface area contributed by atoms with Gasteiger partial charge in [0.1, 0.15) is 22.1 Å². The summed E-state index contributed by atoms with van der Waals surface area (Å²) in [6, 6.07) is 9.67. The summed E-state index contributed by atoms with van der Waals surface area (Å²) in [6.45, 7) is 4.17. The Hall–Kier alpha value is -1.73. The minimum Gasteiger partial charge on any atom is -0.495 e. The van der Waals surface area contributed by atoms with Crippen molar-refractivity contribution in [2.24, 2.45) is 0 Å². The second-order valence-corrected chi connectivity index (χ2v) is 7.18. The van der Waals surface area contributed by atoms with Crippen LogP contribution in [0.4, 0.5) is 0 Å². The highest BCUT2D eigenvalue weighted by Gasteiger charge is 2.22. The van der Waals surface area contributed by atoms with Gasteiger partial charge in [-0.25, -0.2) is 0 Å². The number of aryl methyl sites for hydroxylation is 1. The Labute approximate surface area is 144 Å². The van der Waals surface area contributed by atoms with Gasteiger partial charge in [0, 0.05) is 10.5 Å². The molecule has 0 heterocycles. The van der Waals surface area contributed by atoms with Crippen LogP contribution in [0.25, 0.3) is 0 Å². The third-order valence-corrected chi connectivity index (χ3v) is 4.70. The Morgan fingerprint density at radius 2 is 1.78 bits per heavy atom. The highest BCUT2D eigenvalue weighted by atomic mass is 79.9. The van der Waals surface area contributed by atoms with Crippen molar-refractivity contribution >= 4 is 26.0 Å². The van der Waals surface area contributed by atoms with Crippen molar-refractivity contribution in [3.63, 3.8) is 0 Å². The molecule has 23 heavy (non-hydrogen) atoms. The Bertz CT molecular complexity index is 802. The van der Waals surface area contributed by atoms with Gasteiger partial charge in [0.15, 0.2) is 0 Å². The highest BCUT2D eigenvalue weighted by Crippen LogP contribution is 2.31. The summed E-state index contributed by atoms with van der Waals surface area (Å²) in [5.41, 5.74) is 0.836. The number of halogens is 1. The van der Waals surface area contributed by atoms with Gasteiger partial charge >= 0.3 is 10.1 Å². The van der Waals surface area contributed by atoms with E-state index in [0.29, 0.717) is 16.8 Å². The molecule has 0 bridgehead atoms. The second-order valence-electron chi connectivity index (χ2n) is 4.75. The predicted molar refractivity (Wildman–Crippen MR) is 90.9 cm³/mol. The highest BCUT2D eigenvalue weighted by molar-refractivity contribution is 9.10. The van der Waals surface area contributed by atoms with E-state index in [1.807, 2.05) is 19.9 Å². The largest absolute Gasteiger partial charge is 0.495 e. The first-order valence-corrected chi connectivity index (χ1v) is 9.08. The van der Waals surface area contributed by atoms with Gasteiger partial charge in [-0.1, -0.05) is 15.9 Å². The Morgan fingerprint density at radius 3 is 2.43 bits per heavy atom. The molecule has 0 amide bonds. The van der Waals surface area contributed by atoms with E-state index in [1.54, 1.807) is 24.3 Å². The molecule has 0 unspecified atom stereocenters. The summed E-state index contributed by atoms with van der Waals surface area (Å²) in [6.07, 6.45) is 0. The SMILES string of the molecule is CCOc1cc(C)cc(OS(=O)(=O)c2cc(Br)ccc2OC)c1. The monoisotopic (exact) mass is 400 g/mol. The van der Waals surface area contributed by atoms with Crippen LogP contribution in [0.2, 0.25) is 0 Å². The fraction of sp³-hybridized carbons (Fsp3) is 0.250. The predicted octanol–water partition coefficient (Wildman–Crippen LogP) is 3.93. The van der Waals surface area contributed by atoms with Crippen LogP contribution >= 0.6 is 15.9 Å². The van der Waals surface area contributed by atoms with Crippen molar-refractivity contribution in [3.8, 4) is 17.2 Å². The second kappa shape index (κ2) is 7.23. The summed E-state index contributed by atoms with van der Waals surface area (Å²) in [5, 5.41) is 0. The molecule has 0 N–H and O–H groups in total. The topological polar surface area (TPSA) is 61.8 Å². The number of methoxy groups -OCH3 is 1. The zero-order valence-corrected chi connectivity index (χ0v) is 15.4. The summed E-state index contributed by atoms with van der Waals surface area (Å²) in [7, 11) is -2.63. The van der Waals surface area contributed by atoms with Gasteiger partial charge in [-0.2, -0.15) is 8.42 Å². The summed E-state index contributed by atoms with van der Waals surface area (Å²) >= 11 is 3.25. The van der Waals surface area contributed by atoms with Crippen molar-refractivity contribution < 1.29 is 22.1 Å². The van der Waals surface area contributed by atoms with Crippen LogP contribution in [0.3, 0.4) is 0 Å². The summed E-state index contributed by atoms with van der Waals surface area (Å²) < 4.78 is 41.5. The van der Waals surface area contributed by atoms with Crippen LogP contribution in [0.1, 0.15) is 12.5 Å². The molecule has 0 aliphatic carbocycles. The maximum absolute atomic E-state index is 12.6. The fourth-order valence-corrected chi connectivity index (χ4v) is 3.65. The zero-order chi connectivity index (χ0) is 17.0. The van der Waals surface area contributed by atoms with Crippen molar-refractivity contribution in [3.05, 3.63) is 46.4 Å². The van der Waals surface area contributed by atoms with E-state index in [0.717, 1.165) is 5.56 Å². The average Bonchev–Trinajstić information content (AvgIpc) is 2.46. The lowest BCUT2D eigenvalue weighted by molar-refractivity contribution is 0.338. The van der Waals surface area contributed by atoms with Gasteiger partial charge in [0.25, 0.3) is 0 Å². The van der Waals surface area contributed by atoms with E-state index in [-0.39, 0.29) is 16.4 Å². The molecule has 0 saturated heterocycles. The smallest absolute Gasteiger partial charge is 0.342 e. The maximum Gasteiger partial charge on any atom is 0.342 e. The lowest BCUT2D eigenvalue weighted by atomic mass is 10.2. The molecule has 2 aromatic carbocycles. The molecule has 2 aromatic rings. The summed E-state index contributed by atoms with van der Waals surface area (Å²) in [5.74, 6) is 0.959. The molecule has 7 heteroatoms. The molecular weight excluding hydrogens is 384 g/mol. The number of ether oxygens (including phenoxy) is 2. The van der Waals surface area contributed by atoms with E-state index < -0.39 is 10.1 Å². The maximum atomic E-state index is 12.6. The van der Waals surface area contributed by atoms with E-state index in [4.69, 9.17) is 13.7 Å². The molecule has 2 rings (SSSR count). The van der Waals surface area contributed by atoms with Gasteiger partial charge in [-0.3, -0.25) is 0 Å². The van der Waals surface area contributed by atoms with E-state index in [9.17, 15) is 8.42 Å². The Kier molecular flexibility index (Phi) is 5.54. The molecule has 0 aliphatic rings. The van der Waals surface area contributed by atoms with Crippen molar-refractivity contribution in [1.82, 2.24) is 0 Å². The van der Waals surface area contributed by atoms with Gasteiger partial charge in [-0.05, 0) is 49.7 Å². The lowest BCUT2D eigenvalue weighted by Crippen LogP contribution is -2.11. The van der Waals surface area contributed by atoms with Crippen LogP contribution in [0, 0.1) is 6.92 Å². The Morgan fingerprint density at radius 1 is 1.09 bits per heavy atom. The molecule has 0 aromatic heterocycles. The number of hydrogen-bond acceptors (Lipinski definition) is 5. The first kappa shape index (κ1) is 17.6. The lowest BCUT2D eigenvalue weighted by Gasteiger charge is -2.12. The minimum absolute atomic E-state index is 0.0474. The standard InChI is InChI=1S/C16H17BrO5S/c1-4-21-13-7-11(2)8-14(10-13)22-23(18,19)16-9-12(17)5-6-15(16)20-3/h5-10H,4H2,1-3H3. The third-order valence-electron chi connectivity index (χ3n) is 2.94. The molecule has 0 radical (unpaired) electrons. The number of benzene rings is 2. The van der Waals surface area contributed by atoms with E-state index in [2.05, 4.69) is 15.9 Å². The molecular formula is C16H17BrO5S. The van der Waals surface area contributed by atoms with Crippen molar-refractivity contribution in [2.75, 3.05) is 13.7 Å². The molecule has 0 spiro atoms. The number of hydrogen-bond donors (Lipinski definition) is 0. The van der Waals surface area contributed by atoms with Crippen LogP contribution < -0.4 is 13.7 Å². The quantitative estimate of drug-likeness (QED) is 0.687. The van der Waals surface area contributed by atoms with Gasteiger partial charge in [-0.15, -0.1) is 0 Å². The van der Waals surface area contributed by atoms with Gasteiger partial charge < -0.3 is 13.7 Å². The minimum atomic E-state index is -4.04. The van der Waals surface area contributed by atoms with Crippen molar-refractivity contribution in [2.45, 2.75) is 18.7 Å². The van der Waals surface area contributed by atoms with Crippen LogP contribution in [-0.4, -0.2) is 22.1 Å². The van der Waals surface area contributed by atoms with Crippen LogP contribution in [0.15, 0.2) is 45.8 Å². The fourth-order valence-electron chi connectivity index (χ4n) is 2.03. The molecule has 0 saturated carbocycles. The molecule has 0 aliphatic heterocycles. The van der Waals surface area contributed by atoms with Crippen molar-refractivity contribution in [1.29, 1.82) is 0 Å². The van der Waals surface area contributed by atoms with Crippen LogP contribution in [0.5, 0.6) is 17.2 Å². The van der Waals surface area contributed by atoms with Gasteiger partial charge in [0.05, 0.1) is 13.7 Å². The number of rotatable bonds is 6. The third kappa shape index (κ3) is 4.39. The molecule has 124 valence electrons. The van der Waals surface area contributed by atoms with E-state index >= 15 is 0 Å². The normalized spacial score (nSPS) is 11.1. The Balaban J connectivity index is 2.41. The van der Waals surface area contributed by atoms with Gasteiger partial charge in [0.2, 0.25) is 0 Å².